The van der Waals surface area contributed by atoms with Crippen LogP contribution in [0.15, 0.2) is 27.2 Å². The summed E-state index contributed by atoms with van der Waals surface area (Å²) in [6, 6.07) is 4.35. The molecule has 4 nitrogen and oxygen atoms in total. The SMILES string of the molecule is OC1CCCCC1Cc1nc(-c2ccc(F)cc2Br)no1. The van der Waals surface area contributed by atoms with Crippen LogP contribution < -0.4 is 0 Å². The molecule has 1 aromatic carbocycles. The van der Waals surface area contributed by atoms with Crippen LogP contribution >= 0.6 is 15.9 Å². The predicted molar refractivity (Wildman–Crippen MR) is 79.1 cm³/mol. The minimum Gasteiger partial charge on any atom is -0.393 e. The molecule has 6 heteroatoms. The Bertz CT molecular complexity index is 632. The summed E-state index contributed by atoms with van der Waals surface area (Å²) < 4.78 is 19.0. The predicted octanol–water partition coefficient (Wildman–Crippen LogP) is 3.73. The maximum Gasteiger partial charge on any atom is 0.227 e. The zero-order valence-corrected chi connectivity index (χ0v) is 13.0. The van der Waals surface area contributed by atoms with Gasteiger partial charge in [0.1, 0.15) is 5.82 Å². The highest BCUT2D eigenvalue weighted by molar-refractivity contribution is 9.10. The molecule has 1 aromatic heterocycles. The molecule has 0 bridgehead atoms. The van der Waals surface area contributed by atoms with Gasteiger partial charge in [-0.25, -0.2) is 4.39 Å². The standard InChI is InChI=1S/C15H16BrFN2O2/c16-12-8-10(17)5-6-11(12)15-18-14(21-19-15)7-9-3-1-2-4-13(9)20/h5-6,8-9,13,20H,1-4,7H2. The number of halogens is 2. The summed E-state index contributed by atoms with van der Waals surface area (Å²) in [6.45, 7) is 0. The molecule has 1 heterocycles. The first kappa shape index (κ1) is 14.7. The van der Waals surface area contributed by atoms with Crippen molar-refractivity contribution in [2.24, 2.45) is 5.92 Å². The lowest BCUT2D eigenvalue weighted by molar-refractivity contribution is 0.0657. The van der Waals surface area contributed by atoms with Crippen LogP contribution in [-0.2, 0) is 6.42 Å². The number of aromatic nitrogens is 2. The molecule has 0 amide bonds. The van der Waals surface area contributed by atoms with Crippen LogP contribution in [0.5, 0.6) is 0 Å². The molecule has 2 aromatic rings. The first-order valence-corrected chi connectivity index (χ1v) is 7.89. The topological polar surface area (TPSA) is 59.2 Å². The van der Waals surface area contributed by atoms with E-state index in [1.54, 1.807) is 6.07 Å². The van der Waals surface area contributed by atoms with Crippen molar-refractivity contribution >= 4 is 15.9 Å². The van der Waals surface area contributed by atoms with Crippen molar-refractivity contribution in [1.29, 1.82) is 0 Å². The third-order valence-electron chi connectivity index (χ3n) is 3.95. The summed E-state index contributed by atoms with van der Waals surface area (Å²) in [5.41, 5.74) is 0.690. The quantitative estimate of drug-likeness (QED) is 0.912. The van der Waals surface area contributed by atoms with E-state index in [4.69, 9.17) is 4.52 Å². The maximum atomic E-state index is 13.1. The van der Waals surface area contributed by atoms with Crippen LogP contribution in [0, 0.1) is 11.7 Å². The number of benzene rings is 1. The van der Waals surface area contributed by atoms with Crippen molar-refractivity contribution in [3.8, 4) is 11.4 Å². The molecule has 2 unspecified atom stereocenters. The number of hydrogen-bond acceptors (Lipinski definition) is 4. The third-order valence-corrected chi connectivity index (χ3v) is 4.60. The fourth-order valence-corrected chi connectivity index (χ4v) is 3.30. The van der Waals surface area contributed by atoms with E-state index < -0.39 is 0 Å². The Kier molecular flexibility index (Phi) is 4.35. The van der Waals surface area contributed by atoms with Crippen LogP contribution in [0.4, 0.5) is 4.39 Å². The summed E-state index contributed by atoms with van der Waals surface area (Å²) in [4.78, 5) is 4.36. The number of rotatable bonds is 3. The van der Waals surface area contributed by atoms with E-state index in [0.717, 1.165) is 25.7 Å². The molecule has 0 spiro atoms. The molecular weight excluding hydrogens is 339 g/mol. The van der Waals surface area contributed by atoms with Crippen LogP contribution in [0.1, 0.15) is 31.6 Å². The second kappa shape index (κ2) is 6.23. The van der Waals surface area contributed by atoms with Gasteiger partial charge in [0, 0.05) is 16.5 Å². The number of hydrogen-bond donors (Lipinski definition) is 1. The molecule has 1 N–H and O–H groups in total. The fraction of sp³-hybridized carbons (Fsp3) is 0.467. The number of aliphatic hydroxyl groups excluding tert-OH is 1. The molecule has 0 aliphatic heterocycles. The summed E-state index contributed by atoms with van der Waals surface area (Å²) in [6.07, 6.45) is 4.34. The van der Waals surface area contributed by atoms with Gasteiger partial charge < -0.3 is 9.63 Å². The van der Waals surface area contributed by atoms with Gasteiger partial charge in [-0.3, -0.25) is 0 Å². The Hall–Kier alpha value is -1.27. The molecule has 112 valence electrons. The normalized spacial score (nSPS) is 22.4. The van der Waals surface area contributed by atoms with E-state index in [2.05, 4.69) is 26.1 Å². The average Bonchev–Trinajstić information content (AvgIpc) is 2.90. The van der Waals surface area contributed by atoms with Gasteiger partial charge in [-0.2, -0.15) is 4.98 Å². The van der Waals surface area contributed by atoms with Crippen molar-refractivity contribution in [1.82, 2.24) is 10.1 Å². The lowest BCUT2D eigenvalue weighted by atomic mass is 9.84. The minimum absolute atomic E-state index is 0.184. The zero-order chi connectivity index (χ0) is 14.8. The van der Waals surface area contributed by atoms with Gasteiger partial charge in [0.2, 0.25) is 11.7 Å². The number of aliphatic hydroxyl groups is 1. The monoisotopic (exact) mass is 354 g/mol. The fourth-order valence-electron chi connectivity index (χ4n) is 2.77. The van der Waals surface area contributed by atoms with E-state index in [9.17, 15) is 9.50 Å². The summed E-state index contributed by atoms with van der Waals surface area (Å²) in [5.74, 6) is 0.817. The molecule has 1 saturated carbocycles. The van der Waals surface area contributed by atoms with Gasteiger partial charge >= 0.3 is 0 Å². The van der Waals surface area contributed by atoms with E-state index in [1.165, 1.54) is 12.1 Å². The van der Waals surface area contributed by atoms with Crippen molar-refractivity contribution in [2.75, 3.05) is 0 Å². The van der Waals surface area contributed by atoms with E-state index in [1.807, 2.05) is 0 Å². The molecule has 1 aliphatic rings. The Morgan fingerprint density at radius 2 is 2.14 bits per heavy atom. The molecule has 21 heavy (non-hydrogen) atoms. The van der Waals surface area contributed by atoms with Crippen LogP contribution in [0.2, 0.25) is 0 Å². The first-order chi connectivity index (χ1) is 10.1. The Labute approximate surface area is 130 Å². The molecule has 2 atom stereocenters. The highest BCUT2D eigenvalue weighted by Gasteiger charge is 2.25. The van der Waals surface area contributed by atoms with E-state index in [-0.39, 0.29) is 17.8 Å². The van der Waals surface area contributed by atoms with Gasteiger partial charge in [-0.05, 0) is 52.9 Å². The third kappa shape index (κ3) is 3.32. The maximum absolute atomic E-state index is 13.1. The Morgan fingerprint density at radius 3 is 2.90 bits per heavy atom. The molecule has 0 radical (unpaired) electrons. The second-order valence-corrected chi connectivity index (χ2v) is 6.31. The lowest BCUT2D eigenvalue weighted by Gasteiger charge is -2.26. The molecule has 1 fully saturated rings. The highest BCUT2D eigenvalue weighted by atomic mass is 79.9. The average molecular weight is 355 g/mol. The van der Waals surface area contributed by atoms with Crippen LogP contribution in [0.3, 0.4) is 0 Å². The highest BCUT2D eigenvalue weighted by Crippen LogP contribution is 2.29. The van der Waals surface area contributed by atoms with Crippen molar-refractivity contribution in [3.05, 3.63) is 34.4 Å². The second-order valence-electron chi connectivity index (χ2n) is 5.45. The molecule has 1 aliphatic carbocycles. The van der Waals surface area contributed by atoms with Gasteiger partial charge in [0.15, 0.2) is 0 Å². The Balaban J connectivity index is 1.76. The largest absolute Gasteiger partial charge is 0.393 e. The van der Waals surface area contributed by atoms with Gasteiger partial charge in [-0.1, -0.05) is 18.0 Å². The van der Waals surface area contributed by atoms with E-state index in [0.29, 0.717) is 28.2 Å². The molecule has 0 saturated heterocycles. The summed E-state index contributed by atoms with van der Waals surface area (Å²) >= 11 is 3.30. The number of nitrogens with zero attached hydrogens (tertiary/aromatic N) is 2. The zero-order valence-electron chi connectivity index (χ0n) is 11.4. The first-order valence-electron chi connectivity index (χ1n) is 7.09. The summed E-state index contributed by atoms with van der Waals surface area (Å²) in [7, 11) is 0. The smallest absolute Gasteiger partial charge is 0.227 e. The summed E-state index contributed by atoms with van der Waals surface area (Å²) in [5, 5.41) is 13.9. The van der Waals surface area contributed by atoms with Crippen molar-refractivity contribution < 1.29 is 14.0 Å². The molecule has 3 rings (SSSR count). The van der Waals surface area contributed by atoms with Crippen molar-refractivity contribution in [3.63, 3.8) is 0 Å². The van der Waals surface area contributed by atoms with E-state index >= 15 is 0 Å². The Morgan fingerprint density at radius 1 is 1.33 bits per heavy atom. The minimum atomic E-state index is -0.320. The molecular formula is C15H16BrFN2O2. The van der Waals surface area contributed by atoms with Gasteiger partial charge in [0.05, 0.1) is 6.10 Å². The van der Waals surface area contributed by atoms with Crippen LogP contribution in [0.25, 0.3) is 11.4 Å². The van der Waals surface area contributed by atoms with Crippen molar-refractivity contribution in [2.45, 2.75) is 38.2 Å². The van der Waals surface area contributed by atoms with Gasteiger partial charge in [-0.15, -0.1) is 0 Å². The van der Waals surface area contributed by atoms with Gasteiger partial charge in [0.25, 0.3) is 0 Å². The lowest BCUT2D eigenvalue weighted by Crippen LogP contribution is -2.26. The van der Waals surface area contributed by atoms with Crippen LogP contribution in [-0.4, -0.2) is 21.4 Å².